The molecule has 2 aromatic rings. The van der Waals surface area contributed by atoms with E-state index in [1.165, 1.54) is 0 Å². The van der Waals surface area contributed by atoms with Crippen molar-refractivity contribution in [3.63, 3.8) is 0 Å². The second-order valence-corrected chi connectivity index (χ2v) is 8.61. The third-order valence-electron chi connectivity index (χ3n) is 4.60. The molecule has 0 bridgehead atoms. The number of halogens is 2. The monoisotopic (exact) mass is 409 g/mol. The van der Waals surface area contributed by atoms with Gasteiger partial charge in [-0.25, -0.2) is 4.68 Å². The first-order chi connectivity index (χ1) is 12.8. The average molecular weight is 410 g/mol. The van der Waals surface area contributed by atoms with E-state index < -0.39 is 0 Å². The van der Waals surface area contributed by atoms with Gasteiger partial charge in [-0.15, -0.1) is 5.10 Å². The summed E-state index contributed by atoms with van der Waals surface area (Å²) in [4.78, 5) is 2.31. The topological polar surface area (TPSA) is 56.1 Å². The Morgan fingerprint density at radius 2 is 1.96 bits per heavy atom. The van der Waals surface area contributed by atoms with Crippen molar-refractivity contribution in [3.05, 3.63) is 45.7 Å². The molecule has 3 rings (SSSR count). The van der Waals surface area contributed by atoms with Crippen LogP contribution in [-0.4, -0.2) is 51.4 Å². The third-order valence-corrected chi connectivity index (χ3v) is 5.16. The van der Waals surface area contributed by atoms with Crippen molar-refractivity contribution in [2.75, 3.05) is 26.3 Å². The zero-order valence-corrected chi connectivity index (χ0v) is 17.4. The Bertz CT molecular complexity index is 794. The van der Waals surface area contributed by atoms with Crippen LogP contribution in [0, 0.1) is 5.41 Å². The van der Waals surface area contributed by atoms with Crippen LogP contribution in [0.3, 0.4) is 0 Å². The van der Waals surface area contributed by atoms with Gasteiger partial charge in [0.05, 0.1) is 25.8 Å². The first-order valence-electron chi connectivity index (χ1n) is 9.05. The Kier molecular flexibility index (Phi) is 6.52. The maximum atomic E-state index is 6.31. The quantitative estimate of drug-likeness (QED) is 0.743. The molecule has 0 radical (unpaired) electrons. The molecule has 1 unspecified atom stereocenters. The minimum atomic E-state index is -0.0788. The van der Waals surface area contributed by atoms with Crippen molar-refractivity contribution in [2.45, 2.75) is 33.4 Å². The summed E-state index contributed by atoms with van der Waals surface area (Å²) < 4.78 is 7.34. The molecule has 0 aliphatic carbocycles. The molecule has 146 valence electrons. The van der Waals surface area contributed by atoms with E-state index in [0.29, 0.717) is 16.6 Å². The fourth-order valence-corrected chi connectivity index (χ4v) is 3.53. The number of benzene rings is 1. The van der Waals surface area contributed by atoms with Gasteiger partial charge >= 0.3 is 0 Å². The highest BCUT2D eigenvalue weighted by Crippen LogP contribution is 2.33. The predicted octanol–water partition coefficient (Wildman–Crippen LogP) is 4.11. The number of allylic oxidation sites excluding steroid dienone is 1. The zero-order chi connectivity index (χ0) is 19.4. The highest BCUT2D eigenvalue weighted by atomic mass is 35.5. The Hall–Kier alpha value is -1.47. The van der Waals surface area contributed by atoms with E-state index in [4.69, 9.17) is 27.9 Å². The fourth-order valence-electron chi connectivity index (χ4n) is 3.06. The number of hydrogen-bond donors (Lipinski definition) is 0. The fraction of sp³-hybridized carbons (Fsp3) is 0.526. The molecule has 0 amide bonds. The molecule has 1 atom stereocenters. The summed E-state index contributed by atoms with van der Waals surface area (Å²) in [7, 11) is 0. The molecule has 0 saturated carbocycles. The molecule has 1 aromatic carbocycles. The van der Waals surface area contributed by atoms with Crippen LogP contribution in [-0.2, 0) is 11.3 Å². The Morgan fingerprint density at radius 3 is 2.63 bits per heavy atom. The number of tetrazole rings is 1. The van der Waals surface area contributed by atoms with Crippen molar-refractivity contribution >= 4 is 29.3 Å². The number of nitrogens with zero attached hydrogens (tertiary/aromatic N) is 5. The van der Waals surface area contributed by atoms with Crippen LogP contribution in [0.15, 0.2) is 24.3 Å². The van der Waals surface area contributed by atoms with Crippen LogP contribution < -0.4 is 0 Å². The zero-order valence-electron chi connectivity index (χ0n) is 15.9. The van der Waals surface area contributed by atoms with Crippen LogP contribution in [0.1, 0.15) is 38.2 Å². The lowest BCUT2D eigenvalue weighted by atomic mass is 9.86. The summed E-state index contributed by atoms with van der Waals surface area (Å²) in [6.45, 7) is 10.5. The molecule has 1 aliphatic heterocycles. The second kappa shape index (κ2) is 8.69. The van der Waals surface area contributed by atoms with Gasteiger partial charge in [0.15, 0.2) is 5.82 Å². The number of ether oxygens (including phenoxy) is 1. The van der Waals surface area contributed by atoms with Gasteiger partial charge in [-0.2, -0.15) is 0 Å². The van der Waals surface area contributed by atoms with Gasteiger partial charge in [0.2, 0.25) is 0 Å². The third kappa shape index (κ3) is 5.29. The number of morpholine rings is 1. The number of hydrogen-bond acceptors (Lipinski definition) is 5. The number of rotatable bonds is 5. The SMILES string of the molecule is CC(C)(C)C(/C=C/c1ccc(Cl)cc1Cl)n1nnnc1CN1CCOCC1. The molecule has 0 spiro atoms. The largest absolute Gasteiger partial charge is 0.379 e. The van der Waals surface area contributed by atoms with E-state index in [0.717, 1.165) is 37.7 Å². The Labute approximate surface area is 170 Å². The normalized spacial score (nSPS) is 17.5. The minimum Gasteiger partial charge on any atom is -0.379 e. The summed E-state index contributed by atoms with van der Waals surface area (Å²) in [5.41, 5.74) is 0.836. The van der Waals surface area contributed by atoms with Gasteiger partial charge in [-0.05, 0) is 33.5 Å². The minimum absolute atomic E-state index is 0.0183. The molecule has 0 N–H and O–H groups in total. The smallest absolute Gasteiger partial charge is 0.165 e. The lowest BCUT2D eigenvalue weighted by Gasteiger charge is -2.30. The van der Waals surface area contributed by atoms with Crippen LogP contribution >= 0.6 is 23.2 Å². The van der Waals surface area contributed by atoms with Crippen molar-refractivity contribution in [3.8, 4) is 0 Å². The molecular formula is C19H25Cl2N5O. The van der Waals surface area contributed by atoms with Gasteiger partial charge in [-0.1, -0.05) is 62.2 Å². The van der Waals surface area contributed by atoms with Crippen LogP contribution in [0.25, 0.3) is 6.08 Å². The van der Waals surface area contributed by atoms with Crippen LogP contribution in [0.5, 0.6) is 0 Å². The first kappa shape index (κ1) is 20.3. The van der Waals surface area contributed by atoms with Crippen LogP contribution in [0.2, 0.25) is 10.0 Å². The first-order valence-corrected chi connectivity index (χ1v) is 9.80. The van der Waals surface area contributed by atoms with Crippen molar-refractivity contribution < 1.29 is 4.74 Å². The van der Waals surface area contributed by atoms with Crippen molar-refractivity contribution in [1.82, 2.24) is 25.1 Å². The molecule has 8 heteroatoms. The van der Waals surface area contributed by atoms with E-state index in [9.17, 15) is 0 Å². The van der Waals surface area contributed by atoms with Gasteiger partial charge in [0, 0.05) is 23.1 Å². The highest BCUT2D eigenvalue weighted by molar-refractivity contribution is 6.35. The van der Waals surface area contributed by atoms with Gasteiger partial charge in [0.25, 0.3) is 0 Å². The molecule has 1 fully saturated rings. The summed E-state index contributed by atoms with van der Waals surface area (Å²) >= 11 is 12.3. The Balaban J connectivity index is 1.85. The van der Waals surface area contributed by atoms with Gasteiger partial charge in [0.1, 0.15) is 0 Å². The summed E-state index contributed by atoms with van der Waals surface area (Å²) in [6.07, 6.45) is 4.11. The van der Waals surface area contributed by atoms with E-state index >= 15 is 0 Å². The van der Waals surface area contributed by atoms with Gasteiger partial charge < -0.3 is 4.74 Å². The van der Waals surface area contributed by atoms with E-state index in [1.807, 2.05) is 22.9 Å². The highest BCUT2D eigenvalue weighted by Gasteiger charge is 2.28. The molecule has 1 saturated heterocycles. The summed E-state index contributed by atoms with van der Waals surface area (Å²) in [6, 6.07) is 5.47. The van der Waals surface area contributed by atoms with Crippen molar-refractivity contribution in [1.29, 1.82) is 0 Å². The van der Waals surface area contributed by atoms with E-state index in [2.05, 4.69) is 47.3 Å². The maximum Gasteiger partial charge on any atom is 0.165 e. The molecular weight excluding hydrogens is 385 g/mol. The van der Waals surface area contributed by atoms with Crippen LogP contribution in [0.4, 0.5) is 0 Å². The lowest BCUT2D eigenvalue weighted by molar-refractivity contribution is 0.0319. The second-order valence-electron chi connectivity index (χ2n) is 7.76. The number of aromatic nitrogens is 4. The summed E-state index contributed by atoms with van der Waals surface area (Å²) in [5, 5.41) is 13.7. The molecule has 1 aromatic heterocycles. The molecule has 1 aliphatic rings. The van der Waals surface area contributed by atoms with Crippen molar-refractivity contribution in [2.24, 2.45) is 5.41 Å². The standard InChI is InChI=1S/C19H25Cl2N5O/c1-19(2,3)17(7-5-14-4-6-15(20)12-16(14)21)26-18(22-23-24-26)13-25-8-10-27-11-9-25/h4-7,12,17H,8-11,13H2,1-3H3/b7-5+. The predicted molar refractivity (Wildman–Crippen MR) is 108 cm³/mol. The Morgan fingerprint density at radius 1 is 1.22 bits per heavy atom. The molecule has 6 nitrogen and oxygen atoms in total. The van der Waals surface area contributed by atoms with Gasteiger partial charge in [-0.3, -0.25) is 4.90 Å². The summed E-state index contributed by atoms with van der Waals surface area (Å²) in [5.74, 6) is 0.851. The van der Waals surface area contributed by atoms with E-state index in [-0.39, 0.29) is 11.5 Å². The average Bonchev–Trinajstić information content (AvgIpc) is 3.04. The maximum absolute atomic E-state index is 6.31. The van der Waals surface area contributed by atoms with E-state index in [1.54, 1.807) is 6.07 Å². The molecule has 2 heterocycles. The lowest BCUT2D eigenvalue weighted by Crippen LogP contribution is -2.37. The molecule has 27 heavy (non-hydrogen) atoms.